The maximum absolute atomic E-state index is 14.3. The van der Waals surface area contributed by atoms with Crippen LogP contribution in [0.25, 0.3) is 16.9 Å². The second-order valence-electron chi connectivity index (χ2n) is 6.65. The second kappa shape index (κ2) is 8.13. The quantitative estimate of drug-likeness (QED) is 0.434. The Morgan fingerprint density at radius 1 is 1.00 bits per heavy atom. The summed E-state index contributed by atoms with van der Waals surface area (Å²) in [7, 11) is 0. The number of aryl methyl sites for hydroxylation is 1. The van der Waals surface area contributed by atoms with Gasteiger partial charge in [-0.25, -0.2) is 13.9 Å². The molecule has 1 aromatic carbocycles. The Balaban J connectivity index is 2.10. The number of alkyl halides is 7. The Labute approximate surface area is 189 Å². The first-order valence-corrected chi connectivity index (χ1v) is 9.28. The summed E-state index contributed by atoms with van der Waals surface area (Å²) < 4.78 is 93.3. The molecule has 0 radical (unpaired) electrons. The molecule has 0 bridgehead atoms. The van der Waals surface area contributed by atoms with E-state index in [1.54, 1.807) is 0 Å². The molecular formula is C18H9Cl2F7N4O2. The fourth-order valence-corrected chi connectivity index (χ4v) is 3.53. The Morgan fingerprint density at radius 2 is 1.55 bits per heavy atom. The molecule has 15 heteroatoms. The average molecular weight is 517 g/mol. The first-order valence-electron chi connectivity index (χ1n) is 8.53. The molecule has 0 saturated carbocycles. The Bertz CT molecular complexity index is 1200. The Kier molecular flexibility index (Phi) is 6.09. The lowest BCUT2D eigenvalue weighted by Crippen LogP contribution is -2.50. The Hall–Kier alpha value is -2.93. The van der Waals surface area contributed by atoms with Crippen molar-refractivity contribution in [2.24, 2.45) is 0 Å². The van der Waals surface area contributed by atoms with Crippen molar-refractivity contribution in [2.45, 2.75) is 24.9 Å². The molecule has 0 saturated heterocycles. The number of benzene rings is 1. The van der Waals surface area contributed by atoms with Crippen molar-refractivity contribution in [3.8, 4) is 16.9 Å². The third-order valence-corrected chi connectivity index (χ3v) is 5.11. The maximum atomic E-state index is 14.3. The van der Waals surface area contributed by atoms with Crippen molar-refractivity contribution in [3.63, 3.8) is 0 Å². The van der Waals surface area contributed by atoms with Gasteiger partial charge >= 0.3 is 24.0 Å². The van der Waals surface area contributed by atoms with Gasteiger partial charge in [0.15, 0.2) is 0 Å². The monoisotopic (exact) mass is 516 g/mol. The summed E-state index contributed by atoms with van der Waals surface area (Å²) in [5.74, 6) is -1.26. The van der Waals surface area contributed by atoms with Gasteiger partial charge in [-0.05, 0) is 25.1 Å². The van der Waals surface area contributed by atoms with Crippen LogP contribution in [0.4, 0.5) is 30.7 Å². The third kappa shape index (κ3) is 4.22. The predicted octanol–water partition coefficient (Wildman–Crippen LogP) is 5.93. The number of carbonyl (C=O) groups is 1. The van der Waals surface area contributed by atoms with Crippen molar-refractivity contribution in [2.75, 3.05) is 0 Å². The van der Waals surface area contributed by atoms with Crippen LogP contribution in [0.2, 0.25) is 10.0 Å². The molecule has 0 aliphatic rings. The van der Waals surface area contributed by atoms with E-state index in [9.17, 15) is 40.6 Å². The fourth-order valence-electron chi connectivity index (χ4n) is 2.87. The van der Waals surface area contributed by atoms with Crippen LogP contribution in [-0.2, 0) is 5.67 Å². The summed E-state index contributed by atoms with van der Waals surface area (Å²) in [6.07, 6.45) is -10.3. The number of pyridine rings is 1. The number of hydrogen-bond acceptors (Lipinski definition) is 4. The highest BCUT2D eigenvalue weighted by molar-refractivity contribution is 6.37. The number of carboxylic acids is 1. The molecule has 2 aromatic heterocycles. The van der Waals surface area contributed by atoms with Crippen molar-refractivity contribution < 1.29 is 40.6 Å². The van der Waals surface area contributed by atoms with E-state index in [-0.39, 0.29) is 40.3 Å². The normalized spacial score (nSPS) is 12.8. The predicted molar refractivity (Wildman–Crippen MR) is 101 cm³/mol. The van der Waals surface area contributed by atoms with Crippen LogP contribution in [0, 0.1) is 6.92 Å². The minimum Gasteiger partial charge on any atom is -0.478 e. The summed E-state index contributed by atoms with van der Waals surface area (Å²) in [5.41, 5.74) is -7.68. The average Bonchev–Trinajstić information content (AvgIpc) is 3.14. The number of aromatic carboxylic acids is 1. The fraction of sp³-hybridized carbons (Fsp3) is 0.222. The van der Waals surface area contributed by atoms with E-state index >= 15 is 0 Å². The first kappa shape index (κ1) is 24.7. The molecule has 0 aliphatic heterocycles. The van der Waals surface area contributed by atoms with Crippen LogP contribution < -0.4 is 0 Å². The van der Waals surface area contributed by atoms with Crippen LogP contribution in [0.3, 0.4) is 0 Å². The molecule has 0 unspecified atom stereocenters. The molecule has 176 valence electrons. The molecule has 0 fully saturated rings. The highest BCUT2D eigenvalue weighted by atomic mass is 35.5. The lowest BCUT2D eigenvalue weighted by Gasteiger charge is -2.30. The molecule has 33 heavy (non-hydrogen) atoms. The van der Waals surface area contributed by atoms with Gasteiger partial charge in [0, 0.05) is 17.3 Å². The lowest BCUT2D eigenvalue weighted by molar-refractivity contribution is -0.348. The SMILES string of the molecule is Cc1ncc(-c2cn(-c3c(Cl)cc(C(F)(C(F)(F)F)C(F)(F)F)cc3Cl)nn2)cc1C(=O)O. The topological polar surface area (TPSA) is 80.9 Å². The zero-order chi connectivity index (χ0) is 24.9. The third-order valence-electron chi connectivity index (χ3n) is 4.53. The Morgan fingerprint density at radius 3 is 2.03 bits per heavy atom. The number of carboxylic acid groups (broad SMARTS) is 1. The first-order chi connectivity index (χ1) is 15.1. The zero-order valence-electron chi connectivity index (χ0n) is 15.9. The largest absolute Gasteiger partial charge is 0.478 e. The molecule has 6 nitrogen and oxygen atoms in total. The zero-order valence-corrected chi connectivity index (χ0v) is 17.4. The molecule has 3 rings (SSSR count). The van der Waals surface area contributed by atoms with Gasteiger partial charge in [-0.1, -0.05) is 28.4 Å². The van der Waals surface area contributed by atoms with Gasteiger partial charge in [0.2, 0.25) is 0 Å². The number of hydrogen-bond donors (Lipinski definition) is 1. The van der Waals surface area contributed by atoms with Gasteiger partial charge in [-0.15, -0.1) is 5.10 Å². The van der Waals surface area contributed by atoms with Gasteiger partial charge in [0.1, 0.15) is 11.4 Å². The van der Waals surface area contributed by atoms with Crippen molar-refractivity contribution in [1.29, 1.82) is 0 Å². The van der Waals surface area contributed by atoms with Crippen LogP contribution in [-0.4, -0.2) is 43.4 Å². The number of rotatable bonds is 4. The highest BCUT2D eigenvalue weighted by Gasteiger charge is 2.73. The summed E-state index contributed by atoms with van der Waals surface area (Å²) in [5, 5.41) is 15.0. The van der Waals surface area contributed by atoms with E-state index in [1.165, 1.54) is 19.2 Å². The molecule has 0 aliphatic carbocycles. The number of halogens is 9. The number of nitrogens with zero attached hydrogens (tertiary/aromatic N) is 4. The summed E-state index contributed by atoms with van der Waals surface area (Å²) in [6.45, 7) is 1.46. The van der Waals surface area contributed by atoms with Crippen LogP contribution >= 0.6 is 23.2 Å². The van der Waals surface area contributed by atoms with Gasteiger partial charge in [-0.3, -0.25) is 4.98 Å². The van der Waals surface area contributed by atoms with Gasteiger partial charge in [-0.2, -0.15) is 26.3 Å². The lowest BCUT2D eigenvalue weighted by atomic mass is 9.94. The van der Waals surface area contributed by atoms with Crippen molar-refractivity contribution >= 4 is 29.2 Å². The van der Waals surface area contributed by atoms with Crippen molar-refractivity contribution in [1.82, 2.24) is 20.0 Å². The van der Waals surface area contributed by atoms with E-state index in [1.807, 2.05) is 0 Å². The summed E-state index contributed by atoms with van der Waals surface area (Å²) in [4.78, 5) is 15.2. The molecule has 0 amide bonds. The number of aromatic nitrogens is 4. The minimum atomic E-state index is -6.35. The molecule has 3 aromatic rings. The van der Waals surface area contributed by atoms with Crippen molar-refractivity contribution in [3.05, 3.63) is 57.5 Å². The van der Waals surface area contributed by atoms with E-state index in [0.29, 0.717) is 0 Å². The summed E-state index contributed by atoms with van der Waals surface area (Å²) >= 11 is 11.7. The van der Waals surface area contributed by atoms with E-state index in [2.05, 4.69) is 15.3 Å². The molecule has 0 spiro atoms. The minimum absolute atomic E-state index is 0.0339. The highest BCUT2D eigenvalue weighted by Crippen LogP contribution is 2.54. The van der Waals surface area contributed by atoms with Crippen LogP contribution in [0.15, 0.2) is 30.6 Å². The van der Waals surface area contributed by atoms with Crippen LogP contribution in [0.5, 0.6) is 0 Å². The maximum Gasteiger partial charge on any atom is 0.435 e. The van der Waals surface area contributed by atoms with Gasteiger partial charge in [0.25, 0.3) is 0 Å². The molecule has 2 heterocycles. The smallest absolute Gasteiger partial charge is 0.435 e. The van der Waals surface area contributed by atoms with E-state index in [0.717, 1.165) is 10.9 Å². The second-order valence-corrected chi connectivity index (χ2v) is 7.47. The van der Waals surface area contributed by atoms with Gasteiger partial charge in [0.05, 0.1) is 27.5 Å². The standard InChI is InChI=1S/C18H9Cl2F7N4O2/c1-7-10(15(32)33)2-8(5-28-7)13-6-31(30-29-13)14-11(19)3-9(4-12(14)20)16(21,17(22,23)24)18(25,26)27/h2-6H,1H3,(H,32,33). The van der Waals surface area contributed by atoms with Gasteiger partial charge < -0.3 is 5.11 Å². The van der Waals surface area contributed by atoms with Crippen LogP contribution in [0.1, 0.15) is 21.6 Å². The summed E-state index contributed by atoms with van der Waals surface area (Å²) in [6, 6.07) is 1.51. The van der Waals surface area contributed by atoms with E-state index < -0.39 is 39.6 Å². The molecular weight excluding hydrogens is 508 g/mol. The van der Waals surface area contributed by atoms with E-state index in [4.69, 9.17) is 23.2 Å². The molecule has 1 N–H and O–H groups in total. The molecule has 0 atom stereocenters.